The van der Waals surface area contributed by atoms with Crippen molar-refractivity contribution < 1.29 is 9.53 Å². The van der Waals surface area contributed by atoms with Gasteiger partial charge in [-0.3, -0.25) is 4.79 Å². The number of carbonyl (C=O) groups excluding carboxylic acids is 1. The number of nitrogens with two attached hydrogens (primary N) is 1. The van der Waals surface area contributed by atoms with Gasteiger partial charge in [0.25, 0.3) is 0 Å². The molecule has 1 aromatic carbocycles. The van der Waals surface area contributed by atoms with E-state index < -0.39 is 5.41 Å². The maximum absolute atomic E-state index is 11.9. The fourth-order valence-electron chi connectivity index (χ4n) is 1.91. The van der Waals surface area contributed by atoms with E-state index in [0.717, 1.165) is 12.2 Å². The van der Waals surface area contributed by atoms with Crippen molar-refractivity contribution in [1.29, 1.82) is 0 Å². The van der Waals surface area contributed by atoms with Crippen LogP contribution in [0, 0.1) is 5.41 Å². The van der Waals surface area contributed by atoms with E-state index in [0.29, 0.717) is 13.1 Å². The summed E-state index contributed by atoms with van der Waals surface area (Å²) >= 11 is 0. The first-order chi connectivity index (χ1) is 8.53. The second-order valence-corrected chi connectivity index (χ2v) is 5.35. The Kier molecular flexibility index (Phi) is 3.57. The van der Waals surface area contributed by atoms with E-state index in [9.17, 15) is 4.79 Å². The van der Waals surface area contributed by atoms with Crippen LogP contribution >= 0.6 is 0 Å². The van der Waals surface area contributed by atoms with Gasteiger partial charge in [0.15, 0.2) is 0 Å². The SMILES string of the molecule is CC(C)(CN)C(=O)NCC1Cc2ccccc2O1. The summed E-state index contributed by atoms with van der Waals surface area (Å²) in [5.74, 6) is 0.902. The minimum atomic E-state index is -0.522. The molecule has 0 radical (unpaired) electrons. The lowest BCUT2D eigenvalue weighted by Crippen LogP contribution is -2.45. The van der Waals surface area contributed by atoms with Crippen LogP contribution in [-0.4, -0.2) is 25.1 Å². The van der Waals surface area contributed by atoms with Crippen molar-refractivity contribution in [2.24, 2.45) is 11.1 Å². The Balaban J connectivity index is 1.86. The van der Waals surface area contributed by atoms with Gasteiger partial charge in [0, 0.05) is 13.0 Å². The van der Waals surface area contributed by atoms with Crippen LogP contribution in [0.1, 0.15) is 19.4 Å². The lowest BCUT2D eigenvalue weighted by Gasteiger charge is -2.22. The molecule has 1 amide bonds. The Morgan fingerprint density at radius 2 is 2.22 bits per heavy atom. The lowest BCUT2D eigenvalue weighted by molar-refractivity contribution is -0.129. The van der Waals surface area contributed by atoms with E-state index >= 15 is 0 Å². The standard InChI is InChI=1S/C14H20N2O2/c1-14(2,9-15)13(17)16-8-11-7-10-5-3-4-6-12(10)18-11/h3-6,11H,7-9,15H2,1-2H3,(H,16,17). The van der Waals surface area contributed by atoms with Crippen molar-refractivity contribution in [3.05, 3.63) is 29.8 Å². The van der Waals surface area contributed by atoms with Gasteiger partial charge >= 0.3 is 0 Å². The summed E-state index contributed by atoms with van der Waals surface area (Å²) in [6.07, 6.45) is 0.874. The molecule has 2 rings (SSSR count). The number of hydrogen-bond donors (Lipinski definition) is 2. The van der Waals surface area contributed by atoms with Crippen molar-refractivity contribution in [3.63, 3.8) is 0 Å². The average molecular weight is 248 g/mol. The molecule has 0 aromatic heterocycles. The number of fused-ring (bicyclic) bond motifs is 1. The predicted molar refractivity (Wildman–Crippen MR) is 70.4 cm³/mol. The van der Waals surface area contributed by atoms with Crippen LogP contribution in [0.25, 0.3) is 0 Å². The van der Waals surface area contributed by atoms with Gasteiger partial charge in [-0.2, -0.15) is 0 Å². The predicted octanol–water partition coefficient (Wildman–Crippen LogP) is 1.09. The molecule has 0 saturated carbocycles. The second kappa shape index (κ2) is 4.98. The van der Waals surface area contributed by atoms with Crippen LogP contribution in [0.5, 0.6) is 5.75 Å². The number of amides is 1. The monoisotopic (exact) mass is 248 g/mol. The molecule has 4 heteroatoms. The first kappa shape index (κ1) is 12.9. The highest BCUT2D eigenvalue weighted by Crippen LogP contribution is 2.27. The molecule has 18 heavy (non-hydrogen) atoms. The Labute approximate surface area is 108 Å². The fraction of sp³-hybridized carbons (Fsp3) is 0.500. The summed E-state index contributed by atoms with van der Waals surface area (Å²) in [7, 11) is 0. The van der Waals surface area contributed by atoms with Crippen LogP contribution in [-0.2, 0) is 11.2 Å². The van der Waals surface area contributed by atoms with Crippen LogP contribution < -0.4 is 15.8 Å². The molecule has 0 aliphatic carbocycles. The van der Waals surface area contributed by atoms with Crippen molar-refractivity contribution in [2.45, 2.75) is 26.4 Å². The zero-order chi connectivity index (χ0) is 13.2. The normalized spacial score (nSPS) is 18.1. The molecule has 1 aliphatic rings. The molecule has 1 heterocycles. The summed E-state index contributed by atoms with van der Waals surface area (Å²) in [5, 5.41) is 2.91. The first-order valence-corrected chi connectivity index (χ1v) is 6.26. The van der Waals surface area contributed by atoms with Crippen LogP contribution in [0.4, 0.5) is 0 Å². The summed E-state index contributed by atoms with van der Waals surface area (Å²) in [5.41, 5.74) is 6.25. The van der Waals surface area contributed by atoms with Gasteiger partial charge in [-0.25, -0.2) is 0 Å². The third-order valence-corrected chi connectivity index (χ3v) is 3.33. The second-order valence-electron chi connectivity index (χ2n) is 5.35. The van der Waals surface area contributed by atoms with Gasteiger partial charge in [0.1, 0.15) is 11.9 Å². The number of para-hydroxylation sites is 1. The van der Waals surface area contributed by atoms with E-state index in [1.165, 1.54) is 5.56 Å². The highest BCUT2D eigenvalue weighted by atomic mass is 16.5. The summed E-state index contributed by atoms with van der Waals surface area (Å²) in [6, 6.07) is 7.97. The lowest BCUT2D eigenvalue weighted by atomic mass is 9.92. The Morgan fingerprint density at radius 1 is 1.50 bits per heavy atom. The summed E-state index contributed by atoms with van der Waals surface area (Å²) in [6.45, 7) is 4.54. The van der Waals surface area contributed by atoms with Gasteiger partial charge in [0.05, 0.1) is 12.0 Å². The number of nitrogens with one attached hydrogen (secondary N) is 1. The minimum Gasteiger partial charge on any atom is -0.488 e. The van der Waals surface area contributed by atoms with Crippen LogP contribution in [0.2, 0.25) is 0 Å². The summed E-state index contributed by atoms with van der Waals surface area (Å²) in [4.78, 5) is 11.9. The van der Waals surface area contributed by atoms with E-state index in [1.807, 2.05) is 32.0 Å². The maximum Gasteiger partial charge on any atom is 0.227 e. The Hall–Kier alpha value is -1.55. The van der Waals surface area contributed by atoms with Gasteiger partial charge in [-0.1, -0.05) is 18.2 Å². The minimum absolute atomic E-state index is 0.0236. The third kappa shape index (κ3) is 2.64. The number of carbonyl (C=O) groups is 1. The topological polar surface area (TPSA) is 64.4 Å². The largest absolute Gasteiger partial charge is 0.488 e. The number of hydrogen-bond acceptors (Lipinski definition) is 3. The molecule has 1 aromatic rings. The highest BCUT2D eigenvalue weighted by Gasteiger charge is 2.28. The highest BCUT2D eigenvalue weighted by molar-refractivity contribution is 5.82. The van der Waals surface area contributed by atoms with Crippen LogP contribution in [0.15, 0.2) is 24.3 Å². The van der Waals surface area contributed by atoms with Gasteiger partial charge in [0.2, 0.25) is 5.91 Å². The molecular formula is C14H20N2O2. The molecule has 4 nitrogen and oxygen atoms in total. The van der Waals surface area contributed by atoms with Gasteiger partial charge in [-0.15, -0.1) is 0 Å². The fourth-order valence-corrected chi connectivity index (χ4v) is 1.91. The van der Waals surface area contributed by atoms with Crippen molar-refractivity contribution in [1.82, 2.24) is 5.32 Å². The summed E-state index contributed by atoms with van der Waals surface area (Å²) < 4.78 is 5.76. The van der Waals surface area contributed by atoms with E-state index in [2.05, 4.69) is 11.4 Å². The van der Waals surface area contributed by atoms with E-state index in [1.54, 1.807) is 0 Å². The molecule has 0 bridgehead atoms. The molecule has 0 saturated heterocycles. The molecule has 3 N–H and O–H groups in total. The van der Waals surface area contributed by atoms with Crippen molar-refractivity contribution in [2.75, 3.05) is 13.1 Å². The first-order valence-electron chi connectivity index (χ1n) is 6.26. The maximum atomic E-state index is 11.9. The number of ether oxygens (including phenoxy) is 1. The Morgan fingerprint density at radius 3 is 2.89 bits per heavy atom. The molecule has 1 unspecified atom stereocenters. The van der Waals surface area contributed by atoms with Gasteiger partial charge in [-0.05, 0) is 25.5 Å². The van der Waals surface area contributed by atoms with E-state index in [4.69, 9.17) is 10.5 Å². The quantitative estimate of drug-likeness (QED) is 0.838. The molecule has 1 atom stereocenters. The molecule has 0 fully saturated rings. The Bertz CT molecular complexity index is 418. The smallest absolute Gasteiger partial charge is 0.227 e. The molecule has 98 valence electrons. The zero-order valence-electron chi connectivity index (χ0n) is 10.9. The number of benzene rings is 1. The third-order valence-electron chi connectivity index (χ3n) is 3.33. The molecular weight excluding hydrogens is 228 g/mol. The van der Waals surface area contributed by atoms with E-state index in [-0.39, 0.29) is 12.0 Å². The van der Waals surface area contributed by atoms with Crippen LogP contribution in [0.3, 0.4) is 0 Å². The molecule has 1 aliphatic heterocycles. The average Bonchev–Trinajstić information content (AvgIpc) is 2.78. The zero-order valence-corrected chi connectivity index (χ0v) is 10.9. The van der Waals surface area contributed by atoms with Crippen molar-refractivity contribution >= 4 is 5.91 Å². The molecule has 0 spiro atoms. The number of rotatable bonds is 4. The van der Waals surface area contributed by atoms with Crippen molar-refractivity contribution in [3.8, 4) is 5.75 Å². The van der Waals surface area contributed by atoms with Gasteiger partial charge < -0.3 is 15.8 Å².